The Bertz CT molecular complexity index is 196. The number of alkyl halides is 1. The molecule has 1 unspecified atom stereocenters. The molecule has 0 fully saturated rings. The highest BCUT2D eigenvalue weighted by molar-refractivity contribution is 6.20. The highest BCUT2D eigenvalue weighted by atomic mass is 35.5. The summed E-state index contributed by atoms with van der Waals surface area (Å²) in [5.41, 5.74) is -0.211. The van der Waals surface area contributed by atoms with Crippen molar-refractivity contribution in [1.29, 1.82) is 0 Å². The molecule has 0 rings (SSSR count). The van der Waals surface area contributed by atoms with E-state index in [9.17, 15) is 4.79 Å². The van der Waals surface area contributed by atoms with Gasteiger partial charge < -0.3 is 9.64 Å². The molecular formula is C12H24ClNO2. The third kappa shape index (κ3) is 11.5. The molecule has 0 aliphatic heterocycles. The maximum Gasteiger partial charge on any atom is 0.334 e. The van der Waals surface area contributed by atoms with Crippen LogP contribution in [0.3, 0.4) is 0 Å². The van der Waals surface area contributed by atoms with Gasteiger partial charge in [0.1, 0.15) is 0 Å². The number of carbonyl (C=O) groups is 1. The van der Waals surface area contributed by atoms with Crippen LogP contribution in [0, 0.1) is 0 Å². The van der Waals surface area contributed by atoms with Gasteiger partial charge in [0, 0.05) is 5.57 Å². The molecule has 0 saturated heterocycles. The first-order valence-corrected chi connectivity index (χ1v) is 6.05. The van der Waals surface area contributed by atoms with Crippen molar-refractivity contribution in [3.05, 3.63) is 12.2 Å². The average molecular weight is 250 g/mol. The van der Waals surface area contributed by atoms with E-state index in [1.165, 1.54) is 19.6 Å². The fourth-order valence-corrected chi connectivity index (χ4v) is 1.000. The Kier molecular flexibility index (Phi) is 12.2. The standard InChI is InChI=1S/C6H9ClO2.C6H15N/c1-4(2)6(8)9-5(3)7;1-4-7(5-2)6-3/h5H,1H2,2-3H3;4-6H2,1-3H3. The fraction of sp³-hybridized carbons (Fsp3) is 0.750. The quantitative estimate of drug-likeness (QED) is 0.426. The lowest BCUT2D eigenvalue weighted by Gasteiger charge is -2.13. The van der Waals surface area contributed by atoms with Crippen molar-refractivity contribution in [3.8, 4) is 0 Å². The first kappa shape index (κ1) is 17.8. The predicted molar refractivity (Wildman–Crippen MR) is 69.7 cm³/mol. The molecule has 0 aromatic rings. The number of rotatable bonds is 5. The van der Waals surface area contributed by atoms with Gasteiger partial charge in [0.2, 0.25) is 0 Å². The normalized spacial score (nSPS) is 11.4. The van der Waals surface area contributed by atoms with E-state index in [0.29, 0.717) is 5.57 Å². The fourth-order valence-electron chi connectivity index (χ4n) is 0.919. The molecule has 0 spiro atoms. The summed E-state index contributed by atoms with van der Waals surface area (Å²) in [5, 5.41) is 0. The third-order valence-corrected chi connectivity index (χ3v) is 2.05. The van der Waals surface area contributed by atoms with Gasteiger partial charge in [-0.15, -0.1) is 0 Å². The lowest BCUT2D eigenvalue weighted by molar-refractivity contribution is -0.140. The van der Waals surface area contributed by atoms with Gasteiger partial charge in [-0.05, 0) is 33.5 Å². The van der Waals surface area contributed by atoms with Crippen molar-refractivity contribution >= 4 is 17.6 Å². The van der Waals surface area contributed by atoms with Gasteiger partial charge in [-0.25, -0.2) is 4.79 Å². The van der Waals surface area contributed by atoms with Crippen molar-refractivity contribution in [3.63, 3.8) is 0 Å². The molecule has 0 bridgehead atoms. The third-order valence-electron chi connectivity index (χ3n) is 1.96. The monoisotopic (exact) mass is 249 g/mol. The number of halogens is 1. The van der Waals surface area contributed by atoms with Gasteiger partial charge in [-0.3, -0.25) is 0 Å². The van der Waals surface area contributed by atoms with Crippen LogP contribution in [0.25, 0.3) is 0 Å². The number of nitrogens with zero attached hydrogens (tertiary/aromatic N) is 1. The molecule has 0 aliphatic carbocycles. The van der Waals surface area contributed by atoms with Gasteiger partial charge in [-0.2, -0.15) is 0 Å². The highest BCUT2D eigenvalue weighted by Crippen LogP contribution is 2.00. The van der Waals surface area contributed by atoms with Crippen molar-refractivity contribution in [2.24, 2.45) is 0 Å². The topological polar surface area (TPSA) is 29.5 Å². The number of ether oxygens (including phenoxy) is 1. The lowest BCUT2D eigenvalue weighted by Crippen LogP contribution is -2.21. The summed E-state index contributed by atoms with van der Waals surface area (Å²) in [7, 11) is 0. The van der Waals surface area contributed by atoms with Crippen molar-refractivity contribution < 1.29 is 9.53 Å². The zero-order valence-electron chi connectivity index (χ0n) is 11.0. The first-order chi connectivity index (χ1) is 7.38. The Hall–Kier alpha value is -0.540. The summed E-state index contributed by atoms with van der Waals surface area (Å²) in [6.45, 7) is 16.6. The summed E-state index contributed by atoms with van der Waals surface area (Å²) >= 11 is 5.33. The molecular weight excluding hydrogens is 226 g/mol. The summed E-state index contributed by atoms with van der Waals surface area (Å²) in [6, 6.07) is 0. The van der Waals surface area contributed by atoms with E-state index in [1.54, 1.807) is 13.8 Å². The van der Waals surface area contributed by atoms with Crippen LogP contribution in [0.4, 0.5) is 0 Å². The van der Waals surface area contributed by atoms with E-state index in [1.807, 2.05) is 0 Å². The van der Waals surface area contributed by atoms with Gasteiger partial charge in [0.15, 0.2) is 5.56 Å². The van der Waals surface area contributed by atoms with Crippen LogP contribution >= 0.6 is 11.6 Å². The smallest absolute Gasteiger partial charge is 0.334 e. The summed E-state index contributed by atoms with van der Waals surface area (Å²) in [6.07, 6.45) is 0. The Morgan fingerprint density at radius 3 is 1.75 bits per heavy atom. The number of hydrogen-bond donors (Lipinski definition) is 0. The zero-order chi connectivity index (χ0) is 13.1. The summed E-state index contributed by atoms with van der Waals surface area (Å²) in [5.74, 6) is -0.447. The Morgan fingerprint density at radius 1 is 1.31 bits per heavy atom. The first-order valence-electron chi connectivity index (χ1n) is 5.61. The SMILES string of the molecule is C=C(C)C(=O)OC(C)Cl.CCN(CC)CC. The van der Waals surface area contributed by atoms with Crippen molar-refractivity contribution in [1.82, 2.24) is 4.90 Å². The molecule has 16 heavy (non-hydrogen) atoms. The van der Waals surface area contributed by atoms with E-state index < -0.39 is 11.5 Å². The Balaban J connectivity index is 0. The van der Waals surface area contributed by atoms with Gasteiger partial charge in [0.25, 0.3) is 0 Å². The van der Waals surface area contributed by atoms with E-state index >= 15 is 0 Å². The molecule has 0 aliphatic rings. The molecule has 0 radical (unpaired) electrons. The van der Waals surface area contributed by atoms with Crippen LogP contribution in [-0.4, -0.2) is 36.1 Å². The molecule has 3 nitrogen and oxygen atoms in total. The second kappa shape index (κ2) is 11.0. The molecule has 96 valence electrons. The molecule has 0 saturated carbocycles. The second-order valence-electron chi connectivity index (χ2n) is 3.35. The molecule has 0 amide bonds. The highest BCUT2D eigenvalue weighted by Gasteiger charge is 2.05. The van der Waals surface area contributed by atoms with Crippen LogP contribution in [0.2, 0.25) is 0 Å². The molecule has 0 heterocycles. The molecule has 0 N–H and O–H groups in total. The van der Waals surface area contributed by atoms with Gasteiger partial charge in [0.05, 0.1) is 0 Å². The Morgan fingerprint density at radius 2 is 1.69 bits per heavy atom. The van der Waals surface area contributed by atoms with Crippen molar-refractivity contribution in [2.75, 3.05) is 19.6 Å². The van der Waals surface area contributed by atoms with Crippen LogP contribution in [0.5, 0.6) is 0 Å². The number of carbonyl (C=O) groups excluding carboxylic acids is 1. The minimum Gasteiger partial charge on any atom is -0.443 e. The van der Waals surface area contributed by atoms with Gasteiger partial charge in [-0.1, -0.05) is 39.0 Å². The molecule has 1 atom stereocenters. The minimum atomic E-state index is -0.575. The van der Waals surface area contributed by atoms with Crippen LogP contribution in [0.15, 0.2) is 12.2 Å². The van der Waals surface area contributed by atoms with Crippen LogP contribution in [-0.2, 0) is 9.53 Å². The average Bonchev–Trinajstić information content (AvgIpc) is 2.20. The Labute approximate surface area is 104 Å². The molecule has 0 aromatic carbocycles. The van der Waals surface area contributed by atoms with Crippen molar-refractivity contribution in [2.45, 2.75) is 40.2 Å². The summed E-state index contributed by atoms with van der Waals surface area (Å²) < 4.78 is 4.54. The minimum absolute atomic E-state index is 0.363. The van der Waals surface area contributed by atoms with Crippen LogP contribution < -0.4 is 0 Å². The molecule has 0 aromatic heterocycles. The van der Waals surface area contributed by atoms with Crippen LogP contribution in [0.1, 0.15) is 34.6 Å². The van der Waals surface area contributed by atoms with E-state index in [4.69, 9.17) is 11.6 Å². The van der Waals surface area contributed by atoms with E-state index in [2.05, 4.69) is 37.0 Å². The maximum absolute atomic E-state index is 10.5. The van der Waals surface area contributed by atoms with Gasteiger partial charge >= 0.3 is 5.97 Å². The maximum atomic E-state index is 10.5. The number of esters is 1. The lowest BCUT2D eigenvalue weighted by atomic mass is 10.4. The zero-order valence-corrected chi connectivity index (χ0v) is 11.8. The summed E-state index contributed by atoms with van der Waals surface area (Å²) in [4.78, 5) is 12.9. The number of hydrogen-bond acceptors (Lipinski definition) is 3. The van der Waals surface area contributed by atoms with E-state index in [-0.39, 0.29) is 0 Å². The van der Waals surface area contributed by atoms with E-state index in [0.717, 1.165) is 0 Å². The largest absolute Gasteiger partial charge is 0.443 e. The predicted octanol–water partition coefficient (Wildman–Crippen LogP) is 3.04. The molecule has 4 heteroatoms. The second-order valence-corrected chi connectivity index (χ2v) is 3.96.